The minimum absolute atomic E-state index is 0.201. The van der Waals surface area contributed by atoms with Crippen molar-refractivity contribution in [3.63, 3.8) is 0 Å². The van der Waals surface area contributed by atoms with Crippen LogP contribution in [0.15, 0.2) is 108 Å². The van der Waals surface area contributed by atoms with Crippen LogP contribution in [0.3, 0.4) is 0 Å². The number of benzene rings is 4. The van der Waals surface area contributed by atoms with Crippen LogP contribution in [0.25, 0.3) is 0 Å². The molecular formula is C30H26N4O4. The van der Waals surface area contributed by atoms with Crippen molar-refractivity contribution >= 4 is 35.3 Å². The SMILES string of the molecule is Cc1ccc(NC(=O)c2ccccc2NC(=O)C(=O)NN=Cc2ccc(OCc3ccccc3)cc2)cc1. The fourth-order valence-electron chi connectivity index (χ4n) is 3.41. The van der Waals surface area contributed by atoms with Gasteiger partial charge in [0.05, 0.1) is 17.5 Å². The molecule has 0 aromatic heterocycles. The molecule has 0 aliphatic carbocycles. The molecule has 0 atom stereocenters. The number of ether oxygens (including phenoxy) is 1. The first-order valence-corrected chi connectivity index (χ1v) is 11.9. The second-order valence-corrected chi connectivity index (χ2v) is 8.36. The summed E-state index contributed by atoms with van der Waals surface area (Å²) in [5.41, 5.74) is 6.06. The van der Waals surface area contributed by atoms with Crippen LogP contribution in [0, 0.1) is 6.92 Å². The fourth-order valence-corrected chi connectivity index (χ4v) is 3.41. The third-order valence-corrected chi connectivity index (χ3v) is 5.44. The van der Waals surface area contributed by atoms with Gasteiger partial charge >= 0.3 is 11.8 Å². The Hall–Kier alpha value is -5.24. The molecule has 3 amide bonds. The molecule has 190 valence electrons. The van der Waals surface area contributed by atoms with Crippen LogP contribution < -0.4 is 20.8 Å². The molecule has 4 rings (SSSR count). The summed E-state index contributed by atoms with van der Waals surface area (Å²) in [6, 6.07) is 30.7. The zero-order valence-electron chi connectivity index (χ0n) is 20.7. The molecule has 0 fully saturated rings. The van der Waals surface area contributed by atoms with Crippen LogP contribution in [0.4, 0.5) is 11.4 Å². The minimum Gasteiger partial charge on any atom is -0.489 e. The van der Waals surface area contributed by atoms with Gasteiger partial charge in [-0.15, -0.1) is 0 Å². The Kier molecular flexibility index (Phi) is 8.60. The van der Waals surface area contributed by atoms with Gasteiger partial charge in [0.15, 0.2) is 0 Å². The van der Waals surface area contributed by atoms with Crippen molar-refractivity contribution in [1.29, 1.82) is 0 Å². The van der Waals surface area contributed by atoms with E-state index < -0.39 is 17.7 Å². The molecule has 0 bridgehead atoms. The average molecular weight is 507 g/mol. The largest absolute Gasteiger partial charge is 0.489 e. The minimum atomic E-state index is -0.974. The van der Waals surface area contributed by atoms with Gasteiger partial charge in [-0.2, -0.15) is 5.10 Å². The maximum absolute atomic E-state index is 12.7. The standard InChI is InChI=1S/C30H26N4O4/c1-21-11-15-24(16-12-21)32-28(35)26-9-5-6-10-27(26)33-29(36)30(37)34-31-19-22-13-17-25(18-14-22)38-20-23-7-3-2-4-8-23/h2-19H,20H2,1H3,(H,32,35)(H,33,36)(H,34,37). The van der Waals surface area contributed by atoms with Crippen molar-refractivity contribution in [2.75, 3.05) is 10.6 Å². The van der Waals surface area contributed by atoms with Gasteiger partial charge in [0.2, 0.25) is 0 Å². The lowest BCUT2D eigenvalue weighted by Crippen LogP contribution is -2.33. The van der Waals surface area contributed by atoms with Crippen LogP contribution in [-0.2, 0) is 16.2 Å². The van der Waals surface area contributed by atoms with E-state index in [1.807, 2.05) is 49.4 Å². The van der Waals surface area contributed by atoms with Crippen LogP contribution in [0.5, 0.6) is 5.75 Å². The Balaban J connectivity index is 1.29. The van der Waals surface area contributed by atoms with Crippen molar-refractivity contribution < 1.29 is 19.1 Å². The Morgan fingerprint density at radius 1 is 0.763 bits per heavy atom. The highest BCUT2D eigenvalue weighted by Crippen LogP contribution is 2.18. The topological polar surface area (TPSA) is 109 Å². The number of carbonyl (C=O) groups is 3. The summed E-state index contributed by atoms with van der Waals surface area (Å²) < 4.78 is 5.75. The summed E-state index contributed by atoms with van der Waals surface area (Å²) in [6.07, 6.45) is 1.41. The Morgan fingerprint density at radius 3 is 2.18 bits per heavy atom. The van der Waals surface area contributed by atoms with E-state index in [1.165, 1.54) is 6.21 Å². The molecule has 8 nitrogen and oxygen atoms in total. The first-order chi connectivity index (χ1) is 18.5. The summed E-state index contributed by atoms with van der Waals surface area (Å²) in [5, 5.41) is 9.09. The summed E-state index contributed by atoms with van der Waals surface area (Å²) >= 11 is 0. The molecule has 3 N–H and O–H groups in total. The molecule has 0 radical (unpaired) electrons. The zero-order valence-corrected chi connectivity index (χ0v) is 20.7. The highest BCUT2D eigenvalue weighted by molar-refractivity contribution is 6.40. The lowest BCUT2D eigenvalue weighted by atomic mass is 10.1. The highest BCUT2D eigenvalue weighted by atomic mass is 16.5. The van der Waals surface area contributed by atoms with Gasteiger partial charge < -0.3 is 15.4 Å². The average Bonchev–Trinajstić information content (AvgIpc) is 2.94. The number of anilines is 2. The number of hydrazone groups is 1. The third kappa shape index (κ3) is 7.38. The maximum Gasteiger partial charge on any atom is 0.329 e. The summed E-state index contributed by atoms with van der Waals surface area (Å²) in [4.78, 5) is 37.4. The van der Waals surface area contributed by atoms with Crippen LogP contribution in [0.2, 0.25) is 0 Å². The molecule has 0 aliphatic heterocycles. The van der Waals surface area contributed by atoms with E-state index in [2.05, 4.69) is 21.2 Å². The van der Waals surface area contributed by atoms with Crippen LogP contribution >= 0.6 is 0 Å². The number of hydrogen-bond acceptors (Lipinski definition) is 5. The van der Waals surface area contributed by atoms with Crippen LogP contribution in [-0.4, -0.2) is 23.9 Å². The lowest BCUT2D eigenvalue weighted by molar-refractivity contribution is -0.136. The first-order valence-electron chi connectivity index (χ1n) is 11.9. The molecule has 0 unspecified atom stereocenters. The third-order valence-electron chi connectivity index (χ3n) is 5.44. The van der Waals surface area contributed by atoms with Crippen molar-refractivity contribution in [2.24, 2.45) is 5.10 Å². The van der Waals surface area contributed by atoms with E-state index in [0.717, 1.165) is 11.1 Å². The zero-order chi connectivity index (χ0) is 26.7. The number of rotatable bonds is 8. The first kappa shape index (κ1) is 25.8. The summed E-state index contributed by atoms with van der Waals surface area (Å²) in [7, 11) is 0. The quantitative estimate of drug-likeness (QED) is 0.179. The predicted octanol–water partition coefficient (Wildman–Crippen LogP) is 4.92. The molecule has 0 spiro atoms. The van der Waals surface area contributed by atoms with Crippen molar-refractivity contribution in [3.05, 3.63) is 125 Å². The van der Waals surface area contributed by atoms with Gasteiger partial charge in [-0.25, -0.2) is 5.43 Å². The molecule has 4 aromatic rings. The number of amides is 3. The fraction of sp³-hybridized carbons (Fsp3) is 0.0667. The van der Waals surface area contributed by atoms with Crippen molar-refractivity contribution in [1.82, 2.24) is 5.43 Å². The van der Waals surface area contributed by atoms with E-state index in [1.54, 1.807) is 60.7 Å². The summed E-state index contributed by atoms with van der Waals surface area (Å²) in [5.74, 6) is -1.65. The van der Waals surface area contributed by atoms with E-state index in [-0.39, 0.29) is 11.3 Å². The smallest absolute Gasteiger partial charge is 0.329 e. The molecule has 0 saturated heterocycles. The number of hydrogen-bond donors (Lipinski definition) is 3. The van der Waals surface area contributed by atoms with Gasteiger partial charge in [0.25, 0.3) is 5.91 Å². The van der Waals surface area contributed by atoms with Gasteiger partial charge in [0, 0.05) is 5.69 Å². The number of nitrogens with zero attached hydrogens (tertiary/aromatic N) is 1. The molecule has 8 heteroatoms. The Labute approximate surface area is 220 Å². The van der Waals surface area contributed by atoms with E-state index in [4.69, 9.17) is 4.74 Å². The van der Waals surface area contributed by atoms with Crippen LogP contribution in [0.1, 0.15) is 27.0 Å². The second-order valence-electron chi connectivity index (χ2n) is 8.36. The van der Waals surface area contributed by atoms with E-state index in [9.17, 15) is 14.4 Å². The molecule has 0 aliphatic rings. The monoisotopic (exact) mass is 506 g/mol. The maximum atomic E-state index is 12.7. The number of nitrogens with one attached hydrogen (secondary N) is 3. The van der Waals surface area contributed by atoms with Gasteiger partial charge in [-0.05, 0) is 66.6 Å². The number of aryl methyl sites for hydroxylation is 1. The van der Waals surface area contributed by atoms with Crippen molar-refractivity contribution in [3.8, 4) is 5.75 Å². The van der Waals surface area contributed by atoms with Gasteiger partial charge in [0.1, 0.15) is 12.4 Å². The Bertz CT molecular complexity index is 1430. The molecular weight excluding hydrogens is 480 g/mol. The molecule has 4 aromatic carbocycles. The van der Waals surface area contributed by atoms with Gasteiger partial charge in [-0.1, -0.05) is 60.2 Å². The molecule has 0 saturated carbocycles. The summed E-state index contributed by atoms with van der Waals surface area (Å²) in [6.45, 7) is 2.40. The van der Waals surface area contributed by atoms with E-state index >= 15 is 0 Å². The molecule has 0 heterocycles. The highest BCUT2D eigenvalue weighted by Gasteiger charge is 2.17. The molecule has 38 heavy (non-hydrogen) atoms. The van der Waals surface area contributed by atoms with Crippen molar-refractivity contribution in [2.45, 2.75) is 13.5 Å². The number of para-hydroxylation sites is 1. The normalized spacial score (nSPS) is 10.6. The second kappa shape index (κ2) is 12.6. The van der Waals surface area contributed by atoms with E-state index in [0.29, 0.717) is 23.6 Å². The predicted molar refractivity (Wildman–Crippen MR) is 147 cm³/mol. The number of carbonyl (C=O) groups excluding carboxylic acids is 3. The Morgan fingerprint density at radius 2 is 1.45 bits per heavy atom. The lowest BCUT2D eigenvalue weighted by Gasteiger charge is -2.11. The van der Waals surface area contributed by atoms with Gasteiger partial charge in [-0.3, -0.25) is 14.4 Å².